The van der Waals surface area contributed by atoms with Gasteiger partial charge in [-0.3, -0.25) is 9.59 Å². The Morgan fingerprint density at radius 2 is 2.05 bits per heavy atom. The molecule has 0 spiro atoms. The van der Waals surface area contributed by atoms with E-state index < -0.39 is 11.6 Å². The normalized spacial score (nSPS) is 22.5. The summed E-state index contributed by atoms with van der Waals surface area (Å²) in [5, 5.41) is 2.88. The highest BCUT2D eigenvalue weighted by Crippen LogP contribution is 2.26. The first kappa shape index (κ1) is 13.6. The average Bonchev–Trinajstić information content (AvgIpc) is 2.92. The van der Waals surface area contributed by atoms with Gasteiger partial charge >= 0.3 is 0 Å². The van der Waals surface area contributed by atoms with Crippen molar-refractivity contribution in [3.8, 4) is 0 Å². The molecule has 1 saturated heterocycles. The van der Waals surface area contributed by atoms with Gasteiger partial charge in [-0.05, 0) is 31.9 Å². The predicted molar refractivity (Wildman–Crippen MR) is 70.2 cm³/mol. The molecule has 1 N–H and O–H groups in total. The molecule has 2 rings (SSSR count). The van der Waals surface area contributed by atoms with E-state index in [0.717, 1.165) is 0 Å². The fourth-order valence-corrected chi connectivity index (χ4v) is 2.49. The minimum absolute atomic E-state index is 0.0269. The van der Waals surface area contributed by atoms with Crippen LogP contribution in [0.5, 0.6) is 0 Å². The molecule has 2 amide bonds. The number of carbonyl (C=O) groups is 2. The second-order valence-electron chi connectivity index (χ2n) is 4.97. The van der Waals surface area contributed by atoms with Crippen LogP contribution in [0, 0.1) is 0 Å². The van der Waals surface area contributed by atoms with Gasteiger partial charge in [-0.15, -0.1) is 0 Å². The smallest absolute Gasteiger partial charge is 0.249 e. The zero-order chi connectivity index (χ0) is 14.0. The highest BCUT2D eigenvalue weighted by atomic mass is 16.3. The molecule has 5 heteroatoms. The summed E-state index contributed by atoms with van der Waals surface area (Å²) in [5.74, 6) is 0.562. The maximum atomic E-state index is 12.7. The monoisotopic (exact) mass is 264 g/mol. The van der Waals surface area contributed by atoms with Crippen LogP contribution in [-0.2, 0) is 16.1 Å². The lowest BCUT2D eigenvalue weighted by Gasteiger charge is -2.44. The van der Waals surface area contributed by atoms with Crippen molar-refractivity contribution in [1.82, 2.24) is 10.2 Å². The summed E-state index contributed by atoms with van der Waals surface area (Å²) in [4.78, 5) is 26.3. The maximum absolute atomic E-state index is 12.7. The molecule has 104 valence electrons. The van der Waals surface area contributed by atoms with Crippen LogP contribution in [0.3, 0.4) is 0 Å². The van der Waals surface area contributed by atoms with Crippen molar-refractivity contribution < 1.29 is 14.0 Å². The Hall–Kier alpha value is -1.78. The molecule has 1 unspecified atom stereocenters. The lowest BCUT2D eigenvalue weighted by atomic mass is 9.87. The SMILES string of the molecule is CCC1(CC)NC(=O)C(C)N(Cc2ccco2)C1=O. The number of nitrogens with one attached hydrogen (secondary N) is 1. The summed E-state index contributed by atoms with van der Waals surface area (Å²) < 4.78 is 5.28. The van der Waals surface area contributed by atoms with Crippen molar-refractivity contribution in [2.24, 2.45) is 0 Å². The number of rotatable bonds is 4. The van der Waals surface area contributed by atoms with Gasteiger partial charge < -0.3 is 14.6 Å². The zero-order valence-electron chi connectivity index (χ0n) is 11.6. The highest BCUT2D eigenvalue weighted by Gasteiger charge is 2.47. The van der Waals surface area contributed by atoms with Gasteiger partial charge in [-0.2, -0.15) is 0 Å². The summed E-state index contributed by atoms with van der Waals surface area (Å²) in [6.45, 7) is 5.92. The Kier molecular flexibility index (Phi) is 3.64. The van der Waals surface area contributed by atoms with Gasteiger partial charge in [0.15, 0.2) is 0 Å². The lowest BCUT2D eigenvalue weighted by Crippen LogP contribution is -2.69. The summed E-state index contributed by atoms with van der Waals surface area (Å²) in [7, 11) is 0. The zero-order valence-corrected chi connectivity index (χ0v) is 11.6. The Morgan fingerprint density at radius 3 is 2.58 bits per heavy atom. The van der Waals surface area contributed by atoms with Gasteiger partial charge in [0.2, 0.25) is 11.8 Å². The van der Waals surface area contributed by atoms with Crippen LogP contribution in [0.1, 0.15) is 39.4 Å². The Morgan fingerprint density at radius 1 is 1.37 bits per heavy atom. The van der Waals surface area contributed by atoms with Gasteiger partial charge in [-0.1, -0.05) is 13.8 Å². The quantitative estimate of drug-likeness (QED) is 0.900. The molecule has 19 heavy (non-hydrogen) atoms. The molecule has 1 aromatic rings. The first-order valence-corrected chi connectivity index (χ1v) is 6.69. The fraction of sp³-hybridized carbons (Fsp3) is 0.571. The molecule has 0 saturated carbocycles. The van der Waals surface area contributed by atoms with Gasteiger partial charge in [0, 0.05) is 0 Å². The number of carbonyl (C=O) groups excluding carboxylic acids is 2. The number of nitrogens with zero attached hydrogens (tertiary/aromatic N) is 1. The molecular formula is C14H20N2O3. The molecule has 0 radical (unpaired) electrons. The van der Waals surface area contributed by atoms with E-state index in [-0.39, 0.29) is 11.8 Å². The average molecular weight is 264 g/mol. The van der Waals surface area contributed by atoms with Crippen molar-refractivity contribution in [3.63, 3.8) is 0 Å². The molecule has 1 aliphatic heterocycles. The number of furan rings is 1. The second kappa shape index (κ2) is 5.07. The standard InChI is InChI=1S/C14H20N2O3/c1-4-14(5-2)13(18)16(10(3)12(17)15-14)9-11-7-6-8-19-11/h6-8,10H,4-5,9H2,1-3H3,(H,15,17). The molecule has 1 aromatic heterocycles. The van der Waals surface area contributed by atoms with Crippen LogP contribution in [0.2, 0.25) is 0 Å². The minimum Gasteiger partial charge on any atom is -0.467 e. The minimum atomic E-state index is -0.768. The molecular weight excluding hydrogens is 244 g/mol. The van der Waals surface area contributed by atoms with E-state index in [1.165, 1.54) is 0 Å². The van der Waals surface area contributed by atoms with Crippen molar-refractivity contribution in [2.45, 2.75) is 51.7 Å². The van der Waals surface area contributed by atoms with Crippen molar-refractivity contribution in [2.75, 3.05) is 0 Å². The largest absolute Gasteiger partial charge is 0.467 e. The third kappa shape index (κ3) is 2.25. The highest BCUT2D eigenvalue weighted by molar-refractivity contribution is 5.99. The first-order chi connectivity index (χ1) is 9.04. The molecule has 1 fully saturated rings. The van der Waals surface area contributed by atoms with E-state index in [9.17, 15) is 9.59 Å². The molecule has 0 aliphatic carbocycles. The van der Waals surface area contributed by atoms with Crippen molar-refractivity contribution >= 4 is 11.8 Å². The van der Waals surface area contributed by atoms with Crippen molar-refractivity contribution in [1.29, 1.82) is 0 Å². The molecule has 0 aromatic carbocycles. The Labute approximate surface area is 113 Å². The molecule has 1 aliphatic rings. The Balaban J connectivity index is 2.28. The third-order valence-electron chi connectivity index (χ3n) is 3.99. The van der Waals surface area contributed by atoms with Gasteiger partial charge in [-0.25, -0.2) is 0 Å². The Bertz CT molecular complexity index is 463. The maximum Gasteiger partial charge on any atom is 0.249 e. The third-order valence-corrected chi connectivity index (χ3v) is 3.99. The number of hydrogen-bond donors (Lipinski definition) is 1. The second-order valence-corrected chi connectivity index (χ2v) is 4.97. The van der Waals surface area contributed by atoms with Gasteiger partial charge in [0.1, 0.15) is 17.3 Å². The summed E-state index contributed by atoms with van der Waals surface area (Å²) >= 11 is 0. The van der Waals surface area contributed by atoms with Gasteiger partial charge in [0.05, 0.1) is 12.8 Å². The summed E-state index contributed by atoms with van der Waals surface area (Å²) in [6, 6.07) is 3.12. The van der Waals surface area contributed by atoms with E-state index in [0.29, 0.717) is 25.1 Å². The number of piperazine rings is 1. The number of amides is 2. The molecule has 1 atom stereocenters. The van der Waals surface area contributed by atoms with Crippen LogP contribution in [0.25, 0.3) is 0 Å². The van der Waals surface area contributed by atoms with Crippen molar-refractivity contribution in [3.05, 3.63) is 24.2 Å². The topological polar surface area (TPSA) is 62.6 Å². The van der Waals surface area contributed by atoms with Crippen LogP contribution in [0.15, 0.2) is 22.8 Å². The van der Waals surface area contributed by atoms with E-state index in [2.05, 4.69) is 5.32 Å². The summed E-state index contributed by atoms with van der Waals surface area (Å²) in [6.07, 6.45) is 2.76. The van der Waals surface area contributed by atoms with Crippen LogP contribution >= 0.6 is 0 Å². The summed E-state index contributed by atoms with van der Waals surface area (Å²) in [5.41, 5.74) is -0.768. The fourth-order valence-electron chi connectivity index (χ4n) is 2.49. The van der Waals surface area contributed by atoms with Crippen LogP contribution in [-0.4, -0.2) is 28.3 Å². The van der Waals surface area contributed by atoms with Gasteiger partial charge in [0.25, 0.3) is 0 Å². The lowest BCUT2D eigenvalue weighted by molar-refractivity contribution is -0.155. The number of hydrogen-bond acceptors (Lipinski definition) is 3. The molecule has 5 nitrogen and oxygen atoms in total. The van der Waals surface area contributed by atoms with Crippen LogP contribution < -0.4 is 5.32 Å². The van der Waals surface area contributed by atoms with E-state index in [1.807, 2.05) is 19.9 Å². The van der Waals surface area contributed by atoms with Crippen LogP contribution in [0.4, 0.5) is 0 Å². The van der Waals surface area contributed by atoms with E-state index in [1.54, 1.807) is 24.2 Å². The van der Waals surface area contributed by atoms with E-state index >= 15 is 0 Å². The first-order valence-electron chi connectivity index (χ1n) is 6.69. The molecule has 0 bridgehead atoms. The van der Waals surface area contributed by atoms with E-state index in [4.69, 9.17) is 4.42 Å². The predicted octanol–water partition coefficient (Wildman–Crippen LogP) is 1.69. The molecule has 2 heterocycles.